The van der Waals surface area contributed by atoms with Crippen LogP contribution in [0.25, 0.3) is 0 Å². The van der Waals surface area contributed by atoms with Gasteiger partial charge in [0.15, 0.2) is 0 Å². The van der Waals surface area contributed by atoms with Crippen LogP contribution >= 0.6 is 11.8 Å². The number of hydrogen-bond acceptors (Lipinski definition) is 3. The largest absolute Gasteiger partial charge is 0.417 e. The average Bonchev–Trinajstić information content (AvgIpc) is 2.40. The van der Waals surface area contributed by atoms with Gasteiger partial charge in [0, 0.05) is 16.7 Å². The molecule has 2 rings (SSSR count). The number of amidine groups is 1. The molecular formula is C13H9F4N3S. The number of nitrogens with zero attached hydrogens (tertiary/aromatic N) is 1. The Hall–Kier alpha value is -2.09. The molecule has 1 aromatic carbocycles. The molecule has 0 aliphatic heterocycles. The molecule has 0 saturated heterocycles. The van der Waals surface area contributed by atoms with Crippen molar-refractivity contribution < 1.29 is 17.6 Å². The highest BCUT2D eigenvalue weighted by molar-refractivity contribution is 7.99. The lowest BCUT2D eigenvalue weighted by Crippen LogP contribution is -2.12. The van der Waals surface area contributed by atoms with Crippen molar-refractivity contribution in [2.75, 3.05) is 0 Å². The fraction of sp³-hybridized carbons (Fsp3) is 0.0769. The van der Waals surface area contributed by atoms with Crippen LogP contribution in [-0.2, 0) is 6.18 Å². The molecule has 0 radical (unpaired) electrons. The number of alkyl halides is 3. The van der Waals surface area contributed by atoms with E-state index in [1.54, 1.807) is 0 Å². The molecule has 110 valence electrons. The molecule has 8 heteroatoms. The number of nitrogen functional groups attached to an aromatic ring is 1. The number of nitrogens with two attached hydrogens (primary N) is 1. The summed E-state index contributed by atoms with van der Waals surface area (Å²) in [5.74, 6) is -0.881. The molecule has 0 fully saturated rings. The summed E-state index contributed by atoms with van der Waals surface area (Å²) in [7, 11) is 0. The summed E-state index contributed by atoms with van der Waals surface area (Å²) in [5.41, 5.74) is 4.67. The van der Waals surface area contributed by atoms with Gasteiger partial charge in [0.25, 0.3) is 0 Å². The van der Waals surface area contributed by atoms with Crippen LogP contribution in [-0.4, -0.2) is 10.8 Å². The average molecular weight is 315 g/mol. The number of nitrogens with one attached hydrogen (secondary N) is 1. The molecule has 3 nitrogen and oxygen atoms in total. The van der Waals surface area contributed by atoms with Gasteiger partial charge in [-0.25, -0.2) is 9.37 Å². The minimum absolute atomic E-state index is 0.168. The monoisotopic (exact) mass is 315 g/mol. The predicted molar refractivity (Wildman–Crippen MR) is 70.8 cm³/mol. The number of pyridine rings is 1. The smallest absolute Gasteiger partial charge is 0.384 e. The SMILES string of the molecule is N=C(N)c1cc(F)ccc1Sc1ccc(C(F)(F)F)cn1. The quantitative estimate of drug-likeness (QED) is 0.516. The third-order valence-corrected chi connectivity index (χ3v) is 3.54. The van der Waals surface area contributed by atoms with Gasteiger partial charge in [-0.05, 0) is 30.3 Å². The molecule has 21 heavy (non-hydrogen) atoms. The predicted octanol–water partition coefficient (Wildman–Crippen LogP) is 3.67. The fourth-order valence-electron chi connectivity index (χ4n) is 1.52. The number of benzene rings is 1. The molecule has 0 amide bonds. The minimum atomic E-state index is -4.45. The third-order valence-electron chi connectivity index (χ3n) is 2.51. The zero-order valence-electron chi connectivity index (χ0n) is 10.4. The summed E-state index contributed by atoms with van der Waals surface area (Å²) in [4.78, 5) is 4.14. The lowest BCUT2D eigenvalue weighted by molar-refractivity contribution is -0.137. The molecule has 2 aromatic rings. The van der Waals surface area contributed by atoms with Crippen LogP contribution in [0.3, 0.4) is 0 Å². The van der Waals surface area contributed by atoms with E-state index in [0.717, 1.165) is 30.1 Å². The molecule has 0 unspecified atom stereocenters. The van der Waals surface area contributed by atoms with Crippen LogP contribution in [0.2, 0.25) is 0 Å². The Morgan fingerprint density at radius 1 is 1.19 bits per heavy atom. The van der Waals surface area contributed by atoms with Crippen molar-refractivity contribution in [2.24, 2.45) is 5.73 Å². The van der Waals surface area contributed by atoms with Crippen LogP contribution in [0.5, 0.6) is 0 Å². The maximum atomic E-state index is 13.1. The molecule has 1 heterocycles. The summed E-state index contributed by atoms with van der Waals surface area (Å²) < 4.78 is 50.4. The number of hydrogen-bond donors (Lipinski definition) is 2. The second-order valence-corrected chi connectivity index (χ2v) is 5.10. The number of aromatic nitrogens is 1. The van der Waals surface area contributed by atoms with Gasteiger partial charge in [0.1, 0.15) is 16.7 Å². The maximum absolute atomic E-state index is 13.1. The zero-order chi connectivity index (χ0) is 15.6. The Labute approximate surface area is 121 Å². The van der Waals surface area contributed by atoms with Gasteiger partial charge in [-0.3, -0.25) is 5.41 Å². The summed E-state index contributed by atoms with van der Waals surface area (Å²) in [6.45, 7) is 0. The van der Waals surface area contributed by atoms with Crippen LogP contribution < -0.4 is 5.73 Å². The lowest BCUT2D eigenvalue weighted by atomic mass is 10.2. The minimum Gasteiger partial charge on any atom is -0.384 e. The van der Waals surface area contributed by atoms with E-state index in [1.807, 2.05) is 0 Å². The third kappa shape index (κ3) is 3.72. The lowest BCUT2D eigenvalue weighted by Gasteiger charge is -2.09. The van der Waals surface area contributed by atoms with Gasteiger partial charge in [-0.2, -0.15) is 13.2 Å². The maximum Gasteiger partial charge on any atom is 0.417 e. The Balaban J connectivity index is 2.28. The van der Waals surface area contributed by atoms with Crippen molar-refractivity contribution in [3.63, 3.8) is 0 Å². The van der Waals surface area contributed by atoms with Gasteiger partial charge < -0.3 is 5.73 Å². The van der Waals surface area contributed by atoms with E-state index in [-0.39, 0.29) is 16.4 Å². The molecule has 0 saturated carbocycles. The standard InChI is InChI=1S/C13H9F4N3S/c14-8-2-3-10(9(5-8)12(18)19)21-11-4-1-7(6-20-11)13(15,16)17/h1-6H,(H3,18,19). The van der Waals surface area contributed by atoms with Crippen molar-refractivity contribution in [1.29, 1.82) is 5.41 Å². The summed E-state index contributed by atoms with van der Waals surface area (Å²) in [6.07, 6.45) is -3.73. The van der Waals surface area contributed by atoms with E-state index in [4.69, 9.17) is 11.1 Å². The molecule has 0 bridgehead atoms. The van der Waals surface area contributed by atoms with Crippen LogP contribution in [0.15, 0.2) is 46.5 Å². The van der Waals surface area contributed by atoms with Crippen LogP contribution in [0, 0.1) is 11.2 Å². The van der Waals surface area contributed by atoms with Crippen molar-refractivity contribution in [1.82, 2.24) is 4.98 Å². The first-order chi connectivity index (χ1) is 9.77. The second-order valence-electron chi connectivity index (χ2n) is 4.04. The molecule has 0 aliphatic rings. The van der Waals surface area contributed by atoms with E-state index in [0.29, 0.717) is 4.90 Å². The first-order valence-corrected chi connectivity index (χ1v) is 6.44. The normalized spacial score (nSPS) is 11.4. The topological polar surface area (TPSA) is 62.8 Å². The Morgan fingerprint density at radius 3 is 2.43 bits per heavy atom. The van der Waals surface area contributed by atoms with Crippen LogP contribution in [0.4, 0.5) is 17.6 Å². The highest BCUT2D eigenvalue weighted by atomic mass is 32.2. The zero-order valence-corrected chi connectivity index (χ0v) is 11.2. The van der Waals surface area contributed by atoms with Crippen LogP contribution in [0.1, 0.15) is 11.1 Å². The van der Waals surface area contributed by atoms with Gasteiger partial charge >= 0.3 is 6.18 Å². The van der Waals surface area contributed by atoms with Gasteiger partial charge in [-0.15, -0.1) is 0 Å². The Kier molecular flexibility index (Phi) is 4.17. The highest BCUT2D eigenvalue weighted by Crippen LogP contribution is 2.32. The van der Waals surface area contributed by atoms with Crippen molar-refractivity contribution in [3.8, 4) is 0 Å². The summed E-state index contributed by atoms with van der Waals surface area (Å²) in [5, 5.41) is 7.67. The van der Waals surface area contributed by atoms with Gasteiger partial charge in [0.05, 0.1) is 5.56 Å². The first kappa shape index (κ1) is 15.3. The van der Waals surface area contributed by atoms with Crippen molar-refractivity contribution in [2.45, 2.75) is 16.1 Å². The second kappa shape index (κ2) is 5.72. The van der Waals surface area contributed by atoms with Gasteiger partial charge in [0.2, 0.25) is 0 Å². The van der Waals surface area contributed by atoms with E-state index in [2.05, 4.69) is 4.98 Å². The summed E-state index contributed by atoms with van der Waals surface area (Å²) >= 11 is 1.00. The molecule has 3 N–H and O–H groups in total. The Morgan fingerprint density at radius 2 is 1.90 bits per heavy atom. The Bertz CT molecular complexity index is 668. The van der Waals surface area contributed by atoms with Crippen molar-refractivity contribution in [3.05, 3.63) is 53.5 Å². The highest BCUT2D eigenvalue weighted by Gasteiger charge is 2.30. The van der Waals surface area contributed by atoms with E-state index in [1.165, 1.54) is 18.2 Å². The molecular weight excluding hydrogens is 306 g/mol. The summed E-state index contributed by atoms with van der Waals surface area (Å²) in [6, 6.07) is 5.79. The van der Waals surface area contributed by atoms with E-state index < -0.39 is 17.6 Å². The molecule has 0 aliphatic carbocycles. The van der Waals surface area contributed by atoms with E-state index >= 15 is 0 Å². The van der Waals surface area contributed by atoms with Crippen molar-refractivity contribution >= 4 is 17.6 Å². The van der Waals surface area contributed by atoms with Gasteiger partial charge in [-0.1, -0.05) is 11.8 Å². The number of halogens is 4. The molecule has 0 spiro atoms. The van der Waals surface area contributed by atoms with E-state index in [9.17, 15) is 17.6 Å². The molecule has 1 aromatic heterocycles. The fourth-order valence-corrected chi connectivity index (χ4v) is 2.40. The molecule has 0 atom stereocenters. The number of rotatable bonds is 3. The first-order valence-electron chi connectivity index (χ1n) is 5.62.